The van der Waals surface area contributed by atoms with Crippen molar-refractivity contribution in [1.82, 2.24) is 4.98 Å². The predicted octanol–water partition coefficient (Wildman–Crippen LogP) is 7.52. The third kappa shape index (κ3) is 2.96. The Bertz CT molecular complexity index is 1770. The highest BCUT2D eigenvalue weighted by Gasteiger charge is 2.25. The predicted molar refractivity (Wildman–Crippen MR) is 137 cm³/mol. The Morgan fingerprint density at radius 3 is 2.55 bits per heavy atom. The number of aromatic nitrogens is 2. The summed E-state index contributed by atoms with van der Waals surface area (Å²) in [6.45, 7) is 8.19. The smallest absolute Gasteiger partial charge is 0.227 e. The Hall–Kier alpha value is -3.72. The quantitative estimate of drug-likeness (QED) is 0.265. The number of benzene rings is 3. The van der Waals surface area contributed by atoms with Crippen molar-refractivity contribution in [2.24, 2.45) is 7.05 Å². The van der Waals surface area contributed by atoms with Crippen LogP contribution in [0.4, 0.5) is 0 Å². The lowest BCUT2D eigenvalue weighted by atomic mass is 9.92. The fraction of sp³-hybridized carbons (Fsp3) is 0.200. The first kappa shape index (κ1) is 18.8. The van der Waals surface area contributed by atoms with Gasteiger partial charge in [-0.05, 0) is 66.1 Å². The fourth-order valence-corrected chi connectivity index (χ4v) is 4.94. The van der Waals surface area contributed by atoms with Gasteiger partial charge in [0, 0.05) is 23.6 Å². The molecule has 0 bridgehead atoms. The average Bonchev–Trinajstić information content (AvgIpc) is 3.15. The number of nitrogens with zero attached hydrogens (tertiary/aromatic N) is 2. The molecule has 33 heavy (non-hydrogen) atoms. The van der Waals surface area contributed by atoms with E-state index in [4.69, 9.17) is 10.8 Å². The molecular formula is C30H27N2O+. The van der Waals surface area contributed by atoms with Gasteiger partial charge in [-0.1, -0.05) is 44.2 Å². The Balaban J connectivity index is 1.74. The Morgan fingerprint density at radius 2 is 1.73 bits per heavy atom. The number of furan rings is 1. The summed E-state index contributed by atoms with van der Waals surface area (Å²) < 4.78 is 17.2. The molecule has 0 aliphatic rings. The van der Waals surface area contributed by atoms with E-state index in [9.17, 15) is 0 Å². The zero-order valence-corrected chi connectivity index (χ0v) is 19.7. The summed E-state index contributed by atoms with van der Waals surface area (Å²) in [5, 5.41) is 5.51. The maximum Gasteiger partial charge on any atom is 0.227 e. The molecule has 0 unspecified atom stereocenters. The van der Waals surface area contributed by atoms with Gasteiger partial charge in [0.15, 0.2) is 11.8 Å². The van der Waals surface area contributed by atoms with E-state index in [-0.39, 0.29) is 0 Å². The highest BCUT2D eigenvalue weighted by atomic mass is 16.3. The van der Waals surface area contributed by atoms with Crippen LogP contribution in [0.5, 0.6) is 0 Å². The van der Waals surface area contributed by atoms with Crippen molar-refractivity contribution >= 4 is 43.7 Å². The number of para-hydroxylation sites is 1. The van der Waals surface area contributed by atoms with Gasteiger partial charge in [-0.3, -0.25) is 0 Å². The molecule has 0 saturated heterocycles. The van der Waals surface area contributed by atoms with Gasteiger partial charge >= 0.3 is 0 Å². The number of rotatable bonds is 2. The van der Waals surface area contributed by atoms with Gasteiger partial charge in [0.1, 0.15) is 7.05 Å². The maximum absolute atomic E-state index is 8.47. The molecule has 0 N–H and O–H groups in total. The third-order valence-corrected chi connectivity index (χ3v) is 6.93. The van der Waals surface area contributed by atoms with Crippen LogP contribution in [0.15, 0.2) is 71.3 Å². The summed E-state index contributed by atoms with van der Waals surface area (Å²) in [6, 6.07) is 21.1. The van der Waals surface area contributed by atoms with Crippen LogP contribution in [-0.2, 0) is 7.05 Å². The normalized spacial score (nSPS) is 12.8. The molecule has 3 nitrogen and oxygen atoms in total. The van der Waals surface area contributed by atoms with E-state index in [0.29, 0.717) is 5.71 Å². The first-order valence-electron chi connectivity index (χ1n) is 11.9. The van der Waals surface area contributed by atoms with Crippen molar-refractivity contribution in [2.45, 2.75) is 33.6 Å². The number of fused-ring (bicyclic) bond motifs is 5. The second-order valence-electron chi connectivity index (χ2n) is 9.28. The Kier molecular flexibility index (Phi) is 4.07. The molecule has 6 rings (SSSR count). The summed E-state index contributed by atoms with van der Waals surface area (Å²) in [5.41, 5.74) is 8.11. The van der Waals surface area contributed by atoms with Crippen molar-refractivity contribution < 1.29 is 10.4 Å². The van der Waals surface area contributed by atoms with Crippen LogP contribution in [0.1, 0.15) is 37.8 Å². The van der Waals surface area contributed by atoms with Gasteiger partial charge in [-0.2, -0.15) is 0 Å². The molecule has 0 aliphatic heterocycles. The van der Waals surface area contributed by atoms with E-state index >= 15 is 0 Å². The molecule has 0 saturated carbocycles. The third-order valence-electron chi connectivity index (χ3n) is 6.93. The lowest BCUT2D eigenvalue weighted by Crippen LogP contribution is -2.31. The summed E-state index contributed by atoms with van der Waals surface area (Å²) in [6.07, 6.45) is 2.10. The Labute approximate surface area is 194 Å². The molecule has 0 aliphatic carbocycles. The van der Waals surface area contributed by atoms with Crippen LogP contribution in [-0.4, -0.2) is 4.98 Å². The second-order valence-corrected chi connectivity index (χ2v) is 9.28. The van der Waals surface area contributed by atoms with Crippen LogP contribution in [0, 0.1) is 13.8 Å². The van der Waals surface area contributed by atoms with Crippen molar-refractivity contribution in [3.8, 4) is 11.3 Å². The van der Waals surface area contributed by atoms with E-state index < -0.39 is 5.89 Å². The first-order valence-corrected chi connectivity index (χ1v) is 11.4. The van der Waals surface area contributed by atoms with Crippen LogP contribution in [0.25, 0.3) is 55.0 Å². The molecule has 3 aromatic heterocycles. The van der Waals surface area contributed by atoms with E-state index in [0.717, 1.165) is 54.9 Å². The van der Waals surface area contributed by atoms with Crippen molar-refractivity contribution in [3.63, 3.8) is 0 Å². The maximum atomic E-state index is 8.47. The van der Waals surface area contributed by atoms with Crippen LogP contribution in [0.2, 0.25) is 0 Å². The van der Waals surface area contributed by atoms with E-state index in [1.807, 2.05) is 32.0 Å². The first-order chi connectivity index (χ1) is 16.2. The van der Waals surface area contributed by atoms with Gasteiger partial charge in [0.05, 0.1) is 16.5 Å². The molecule has 0 amide bonds. The molecule has 3 heterocycles. The molecule has 6 aromatic rings. The molecule has 3 heteroatoms. The standard InChI is InChI=1S/C30H27N2O/c1-17(2)20-10-11-23-21(15-20)12-13-32(5)28(23)27-19(4)18(3)14-24-25-16-22-8-6-7-9-26(22)31-30(25)33-29(24)27/h6-17H,1-5H3/q+1/i17D. The zero-order valence-electron chi connectivity index (χ0n) is 20.7. The number of hydrogen-bond acceptors (Lipinski definition) is 2. The molecule has 3 aromatic carbocycles. The Morgan fingerprint density at radius 1 is 0.909 bits per heavy atom. The summed E-state index contributed by atoms with van der Waals surface area (Å²) >= 11 is 0. The topological polar surface area (TPSA) is 29.9 Å². The lowest BCUT2D eigenvalue weighted by molar-refractivity contribution is -0.659. The van der Waals surface area contributed by atoms with Crippen molar-refractivity contribution in [3.05, 3.63) is 83.6 Å². The number of hydrogen-bond donors (Lipinski definition) is 0. The second kappa shape index (κ2) is 7.14. The molecule has 162 valence electrons. The minimum Gasteiger partial charge on any atom is -0.437 e. The molecule has 0 spiro atoms. The van der Waals surface area contributed by atoms with Gasteiger partial charge < -0.3 is 4.42 Å². The minimum atomic E-state index is -0.648. The van der Waals surface area contributed by atoms with E-state index in [2.05, 4.69) is 74.1 Å². The van der Waals surface area contributed by atoms with Crippen molar-refractivity contribution in [1.29, 1.82) is 0 Å². The van der Waals surface area contributed by atoms with Gasteiger partial charge in [0.25, 0.3) is 0 Å². The summed E-state index contributed by atoms with van der Waals surface area (Å²) in [5.74, 6) is -0.648. The molecule has 0 radical (unpaired) electrons. The highest BCUT2D eigenvalue weighted by Crippen LogP contribution is 2.41. The molecular weight excluding hydrogens is 404 g/mol. The number of pyridine rings is 2. The van der Waals surface area contributed by atoms with Crippen molar-refractivity contribution in [2.75, 3.05) is 0 Å². The summed E-state index contributed by atoms with van der Waals surface area (Å²) in [4.78, 5) is 4.84. The number of aryl methyl sites for hydroxylation is 2. The average molecular weight is 433 g/mol. The SMILES string of the molecule is [2H]C(C)(C)c1ccc2c(-c3c(C)c(C)cc4c3oc3nc5ccccc5cc34)[n+](C)ccc2c1. The van der Waals surface area contributed by atoms with E-state index in [1.54, 1.807) is 0 Å². The minimum absolute atomic E-state index is 0.648. The molecule has 0 fully saturated rings. The zero-order chi connectivity index (χ0) is 23.8. The van der Waals surface area contributed by atoms with Crippen LogP contribution in [0.3, 0.4) is 0 Å². The van der Waals surface area contributed by atoms with Gasteiger partial charge in [-0.25, -0.2) is 9.55 Å². The highest BCUT2D eigenvalue weighted by molar-refractivity contribution is 6.13. The largest absolute Gasteiger partial charge is 0.437 e. The monoisotopic (exact) mass is 432 g/mol. The van der Waals surface area contributed by atoms with Gasteiger partial charge in [-0.15, -0.1) is 0 Å². The van der Waals surface area contributed by atoms with Crippen LogP contribution >= 0.6 is 0 Å². The van der Waals surface area contributed by atoms with Crippen LogP contribution < -0.4 is 4.57 Å². The van der Waals surface area contributed by atoms with Gasteiger partial charge in [0.2, 0.25) is 11.4 Å². The lowest BCUT2D eigenvalue weighted by Gasteiger charge is -2.12. The molecule has 0 atom stereocenters. The van der Waals surface area contributed by atoms with E-state index in [1.165, 1.54) is 11.1 Å². The summed E-state index contributed by atoms with van der Waals surface area (Å²) in [7, 11) is 2.08. The fourth-order valence-electron chi connectivity index (χ4n) is 4.94.